The summed E-state index contributed by atoms with van der Waals surface area (Å²) in [6.45, 7) is 2.25. The number of aromatic nitrogens is 2. The molecule has 0 bridgehead atoms. The van der Waals surface area contributed by atoms with Crippen LogP contribution in [0.25, 0.3) is 11.3 Å². The van der Waals surface area contributed by atoms with Gasteiger partial charge < -0.3 is 25.4 Å². The molecule has 0 radical (unpaired) electrons. The van der Waals surface area contributed by atoms with Crippen molar-refractivity contribution in [3.05, 3.63) is 60.2 Å². The largest absolute Gasteiger partial charge is 0.457 e. The Morgan fingerprint density at radius 3 is 2.45 bits per heavy atom. The zero-order valence-electron chi connectivity index (χ0n) is 21.4. The first-order valence-electron chi connectivity index (χ1n) is 12.8. The van der Waals surface area contributed by atoms with E-state index in [0.29, 0.717) is 41.8 Å². The number of piperidine rings is 1. The number of likely N-dealkylation sites (tertiary alicyclic amines) is 1. The molecule has 2 aliphatic rings. The van der Waals surface area contributed by atoms with Gasteiger partial charge in [-0.15, -0.1) is 0 Å². The SMILES string of the molecule is COCC#CC(=O)N1CCC(C2CCNc3c(C(N)=O)c(-c4ccc(Oc5ccccc5)cc4)nn32)CC1. The van der Waals surface area contributed by atoms with Gasteiger partial charge in [-0.1, -0.05) is 24.1 Å². The van der Waals surface area contributed by atoms with E-state index < -0.39 is 5.91 Å². The van der Waals surface area contributed by atoms with Crippen LogP contribution >= 0.6 is 0 Å². The molecule has 0 spiro atoms. The van der Waals surface area contributed by atoms with Crippen molar-refractivity contribution in [2.45, 2.75) is 25.3 Å². The molecule has 2 aromatic carbocycles. The van der Waals surface area contributed by atoms with Gasteiger partial charge in [-0.25, -0.2) is 4.68 Å². The number of anilines is 1. The van der Waals surface area contributed by atoms with E-state index in [9.17, 15) is 9.59 Å². The van der Waals surface area contributed by atoms with Crippen molar-refractivity contribution in [3.63, 3.8) is 0 Å². The summed E-state index contributed by atoms with van der Waals surface area (Å²) in [5.74, 6) is 7.12. The molecule has 9 heteroatoms. The minimum atomic E-state index is -0.519. The number of carbonyl (C=O) groups excluding carboxylic acids is 2. The molecule has 3 heterocycles. The predicted molar refractivity (Wildman–Crippen MR) is 144 cm³/mol. The minimum absolute atomic E-state index is 0.107. The first kappa shape index (κ1) is 25.4. The first-order valence-corrected chi connectivity index (χ1v) is 12.8. The van der Waals surface area contributed by atoms with Gasteiger partial charge in [-0.2, -0.15) is 5.10 Å². The Labute approximate surface area is 221 Å². The van der Waals surface area contributed by atoms with Gasteiger partial charge in [0.1, 0.15) is 35.2 Å². The molecule has 5 rings (SSSR count). The van der Waals surface area contributed by atoms with Gasteiger partial charge in [-0.05, 0) is 67.5 Å². The second-order valence-electron chi connectivity index (χ2n) is 9.47. The van der Waals surface area contributed by atoms with E-state index in [-0.39, 0.29) is 18.6 Å². The molecule has 0 aliphatic carbocycles. The second kappa shape index (κ2) is 11.4. The molecule has 196 valence electrons. The fourth-order valence-electron chi connectivity index (χ4n) is 5.23. The molecule has 9 nitrogen and oxygen atoms in total. The van der Waals surface area contributed by atoms with Gasteiger partial charge in [0.15, 0.2) is 0 Å². The average Bonchev–Trinajstić information content (AvgIpc) is 3.34. The maximum Gasteiger partial charge on any atom is 0.298 e. The van der Waals surface area contributed by atoms with Crippen molar-refractivity contribution < 1.29 is 19.1 Å². The van der Waals surface area contributed by atoms with E-state index in [1.54, 1.807) is 12.0 Å². The van der Waals surface area contributed by atoms with Crippen molar-refractivity contribution in [2.24, 2.45) is 11.7 Å². The van der Waals surface area contributed by atoms with E-state index in [0.717, 1.165) is 37.1 Å². The lowest BCUT2D eigenvalue weighted by molar-refractivity contribution is -0.126. The molecule has 3 aromatic rings. The van der Waals surface area contributed by atoms with E-state index in [1.807, 2.05) is 59.3 Å². The van der Waals surface area contributed by atoms with Crippen molar-refractivity contribution in [1.29, 1.82) is 0 Å². The third-order valence-corrected chi connectivity index (χ3v) is 7.09. The van der Waals surface area contributed by atoms with E-state index in [2.05, 4.69) is 17.2 Å². The highest BCUT2D eigenvalue weighted by molar-refractivity contribution is 6.03. The molecule has 1 fully saturated rings. The summed E-state index contributed by atoms with van der Waals surface area (Å²) in [6, 6.07) is 17.2. The number of primary amides is 1. The Bertz CT molecular complexity index is 1350. The van der Waals surface area contributed by atoms with Crippen molar-refractivity contribution in [2.75, 3.05) is 38.7 Å². The Hall–Kier alpha value is -4.29. The highest BCUT2D eigenvalue weighted by atomic mass is 16.5. The van der Waals surface area contributed by atoms with Gasteiger partial charge in [0.05, 0.1) is 6.04 Å². The van der Waals surface area contributed by atoms with Crippen LogP contribution in [0, 0.1) is 17.8 Å². The highest BCUT2D eigenvalue weighted by Crippen LogP contribution is 2.40. The number of carbonyl (C=O) groups is 2. The number of benzene rings is 2. The number of nitrogens with zero attached hydrogens (tertiary/aromatic N) is 3. The number of para-hydroxylation sites is 1. The van der Waals surface area contributed by atoms with Gasteiger partial charge in [0, 0.05) is 32.3 Å². The van der Waals surface area contributed by atoms with Crippen LogP contribution in [0.2, 0.25) is 0 Å². The zero-order chi connectivity index (χ0) is 26.5. The first-order chi connectivity index (χ1) is 18.5. The molecule has 3 N–H and O–H groups in total. The number of nitrogens with two attached hydrogens (primary N) is 1. The van der Waals surface area contributed by atoms with Crippen LogP contribution in [0.4, 0.5) is 5.82 Å². The summed E-state index contributed by atoms with van der Waals surface area (Å²) in [6.07, 6.45) is 2.56. The zero-order valence-corrected chi connectivity index (χ0v) is 21.4. The number of fused-ring (bicyclic) bond motifs is 1. The maximum atomic E-state index is 12.6. The van der Waals surface area contributed by atoms with Crippen LogP contribution in [0.1, 0.15) is 35.7 Å². The Morgan fingerprint density at radius 2 is 1.76 bits per heavy atom. The van der Waals surface area contributed by atoms with Crippen LogP contribution in [-0.4, -0.2) is 59.8 Å². The maximum absolute atomic E-state index is 12.6. The van der Waals surface area contributed by atoms with Crippen LogP contribution in [0.3, 0.4) is 0 Å². The Morgan fingerprint density at radius 1 is 1.05 bits per heavy atom. The van der Waals surface area contributed by atoms with Crippen LogP contribution < -0.4 is 15.8 Å². The molecular weight excluding hydrogens is 482 g/mol. The Balaban J connectivity index is 1.35. The molecule has 2 amide bonds. The average molecular weight is 514 g/mol. The normalized spacial score (nSPS) is 17.1. The third kappa shape index (κ3) is 5.36. The summed E-state index contributed by atoms with van der Waals surface area (Å²) >= 11 is 0. The lowest BCUT2D eigenvalue weighted by Crippen LogP contribution is -2.41. The third-order valence-electron chi connectivity index (χ3n) is 7.09. The molecule has 1 saturated heterocycles. The van der Waals surface area contributed by atoms with E-state index in [4.69, 9.17) is 20.3 Å². The summed E-state index contributed by atoms with van der Waals surface area (Å²) in [4.78, 5) is 26.7. The van der Waals surface area contributed by atoms with E-state index in [1.165, 1.54) is 0 Å². The molecule has 38 heavy (non-hydrogen) atoms. The Kier molecular flexibility index (Phi) is 7.61. The van der Waals surface area contributed by atoms with Crippen molar-refractivity contribution >= 4 is 17.6 Å². The van der Waals surface area contributed by atoms with Crippen LogP contribution in [0.5, 0.6) is 11.5 Å². The highest BCUT2D eigenvalue weighted by Gasteiger charge is 2.35. The molecule has 1 atom stereocenters. The van der Waals surface area contributed by atoms with Crippen molar-refractivity contribution in [1.82, 2.24) is 14.7 Å². The number of amides is 2. The van der Waals surface area contributed by atoms with Crippen molar-refractivity contribution in [3.8, 4) is 34.6 Å². The number of rotatable bonds is 6. The topological polar surface area (TPSA) is 112 Å². The van der Waals surface area contributed by atoms with Crippen LogP contribution in [0.15, 0.2) is 54.6 Å². The fraction of sp³-hybridized carbons (Fsp3) is 0.345. The lowest BCUT2D eigenvalue weighted by atomic mass is 9.87. The van der Waals surface area contributed by atoms with Gasteiger partial charge in [-0.3, -0.25) is 9.59 Å². The van der Waals surface area contributed by atoms with Gasteiger partial charge in [0.25, 0.3) is 11.8 Å². The summed E-state index contributed by atoms with van der Waals surface area (Å²) in [5.41, 5.74) is 7.59. The smallest absolute Gasteiger partial charge is 0.298 e. The minimum Gasteiger partial charge on any atom is -0.457 e. The summed E-state index contributed by atoms with van der Waals surface area (Å²) in [5, 5.41) is 8.26. The molecule has 0 saturated carbocycles. The van der Waals surface area contributed by atoms with Crippen LogP contribution in [-0.2, 0) is 9.53 Å². The molecular formula is C29H31N5O4. The standard InChI is InChI=1S/C29H31N5O4/c1-37-19-5-8-25(35)33-17-14-20(15-18-33)24-13-16-31-29-26(28(30)36)27(32-34(24)29)21-9-11-23(12-10-21)38-22-6-3-2-4-7-22/h2-4,6-7,9-12,20,24,31H,13-19H2,1H3,(H2,30,36). The number of hydrogen-bond acceptors (Lipinski definition) is 6. The quantitative estimate of drug-likeness (QED) is 0.487. The van der Waals surface area contributed by atoms with Gasteiger partial charge >= 0.3 is 0 Å². The summed E-state index contributed by atoms with van der Waals surface area (Å²) in [7, 11) is 1.55. The van der Waals surface area contributed by atoms with E-state index >= 15 is 0 Å². The number of ether oxygens (including phenoxy) is 2. The molecule has 2 aliphatic heterocycles. The molecule has 1 aromatic heterocycles. The van der Waals surface area contributed by atoms with Gasteiger partial charge in [0.2, 0.25) is 0 Å². The number of methoxy groups -OCH3 is 1. The molecule has 1 unspecified atom stereocenters. The lowest BCUT2D eigenvalue weighted by Gasteiger charge is -2.37. The number of nitrogens with one attached hydrogen (secondary N) is 1. The fourth-order valence-corrected chi connectivity index (χ4v) is 5.23. The summed E-state index contributed by atoms with van der Waals surface area (Å²) < 4.78 is 12.7. The monoisotopic (exact) mass is 513 g/mol. The predicted octanol–water partition coefficient (Wildman–Crippen LogP) is 3.69. The second-order valence-corrected chi connectivity index (χ2v) is 9.47. The number of hydrogen-bond donors (Lipinski definition) is 2.